The predicted octanol–water partition coefficient (Wildman–Crippen LogP) is 2.73. The first-order valence-electron chi connectivity index (χ1n) is 5.75. The molecule has 0 spiro atoms. The van der Waals surface area contributed by atoms with Gasteiger partial charge in [-0.15, -0.1) is 0 Å². The Hall–Kier alpha value is -0.530. The summed E-state index contributed by atoms with van der Waals surface area (Å²) in [5.74, 6) is 1.49. The Morgan fingerprint density at radius 1 is 1.36 bits per heavy atom. The lowest BCUT2D eigenvalue weighted by Crippen LogP contribution is -2.53. The minimum absolute atomic E-state index is 0.0817. The maximum Gasteiger partial charge on any atom is 0.217 e. The molecule has 0 atom stereocenters. The van der Waals surface area contributed by atoms with E-state index in [9.17, 15) is 4.79 Å². The predicted molar refractivity (Wildman–Crippen MR) is 59.0 cm³/mol. The minimum atomic E-state index is 0.0817. The Balaban J connectivity index is 2.68. The smallest absolute Gasteiger partial charge is 0.217 e. The van der Waals surface area contributed by atoms with Crippen LogP contribution in [0.2, 0.25) is 0 Å². The molecule has 0 aromatic rings. The van der Waals surface area contributed by atoms with Crippen molar-refractivity contribution in [1.82, 2.24) is 5.32 Å². The van der Waals surface area contributed by atoms with Crippen molar-refractivity contribution < 1.29 is 4.79 Å². The van der Waals surface area contributed by atoms with Gasteiger partial charge in [0.25, 0.3) is 0 Å². The second kappa shape index (κ2) is 4.33. The van der Waals surface area contributed by atoms with E-state index in [1.165, 1.54) is 12.8 Å². The molecule has 1 aliphatic rings. The van der Waals surface area contributed by atoms with Gasteiger partial charge in [0, 0.05) is 12.5 Å². The molecule has 0 aromatic heterocycles. The third-order valence-corrected chi connectivity index (χ3v) is 3.70. The third-order valence-electron chi connectivity index (χ3n) is 3.70. The summed E-state index contributed by atoms with van der Waals surface area (Å²) in [7, 11) is 0. The van der Waals surface area contributed by atoms with E-state index in [0.29, 0.717) is 5.92 Å². The summed E-state index contributed by atoms with van der Waals surface area (Å²) in [4.78, 5) is 11.2. The van der Waals surface area contributed by atoms with E-state index >= 15 is 0 Å². The Bertz CT molecular complexity index is 202. The number of carbonyl (C=O) groups is 1. The van der Waals surface area contributed by atoms with Gasteiger partial charge in [0.15, 0.2) is 0 Å². The average Bonchev–Trinajstić information content (AvgIpc) is 2.08. The molecule has 0 aromatic carbocycles. The van der Waals surface area contributed by atoms with Crippen LogP contribution in [-0.2, 0) is 4.79 Å². The highest BCUT2D eigenvalue weighted by Crippen LogP contribution is 2.36. The molecule has 0 bridgehead atoms. The Kier molecular flexibility index (Phi) is 3.57. The van der Waals surface area contributed by atoms with Gasteiger partial charge in [0.2, 0.25) is 5.91 Å². The monoisotopic (exact) mass is 197 g/mol. The first kappa shape index (κ1) is 11.5. The standard InChI is InChI=1S/C12H23NO/c1-9(2)12(13-11(4)14)7-5-10(3)6-8-12/h9-10H,5-8H2,1-4H3,(H,13,14). The molecule has 2 nitrogen and oxygen atoms in total. The quantitative estimate of drug-likeness (QED) is 0.724. The fourth-order valence-electron chi connectivity index (χ4n) is 2.47. The lowest BCUT2D eigenvalue weighted by Gasteiger charge is -2.43. The first-order valence-corrected chi connectivity index (χ1v) is 5.75. The van der Waals surface area contributed by atoms with Crippen LogP contribution in [0, 0.1) is 11.8 Å². The topological polar surface area (TPSA) is 29.1 Å². The first-order chi connectivity index (χ1) is 6.46. The van der Waals surface area contributed by atoms with Crippen molar-refractivity contribution in [3.8, 4) is 0 Å². The van der Waals surface area contributed by atoms with Gasteiger partial charge in [-0.25, -0.2) is 0 Å². The van der Waals surface area contributed by atoms with Crippen LogP contribution in [0.15, 0.2) is 0 Å². The van der Waals surface area contributed by atoms with E-state index in [1.54, 1.807) is 6.92 Å². The fourth-order valence-corrected chi connectivity index (χ4v) is 2.47. The third kappa shape index (κ3) is 2.49. The number of rotatable bonds is 2. The lowest BCUT2D eigenvalue weighted by molar-refractivity contribution is -0.122. The van der Waals surface area contributed by atoms with E-state index in [0.717, 1.165) is 18.8 Å². The molecule has 0 saturated heterocycles. The lowest BCUT2D eigenvalue weighted by atomic mass is 9.71. The highest BCUT2D eigenvalue weighted by atomic mass is 16.1. The van der Waals surface area contributed by atoms with Gasteiger partial charge in [-0.05, 0) is 37.5 Å². The van der Waals surface area contributed by atoms with Crippen molar-refractivity contribution >= 4 is 5.91 Å². The molecule has 82 valence electrons. The van der Waals surface area contributed by atoms with Gasteiger partial charge >= 0.3 is 0 Å². The molecule has 0 radical (unpaired) electrons. The van der Waals surface area contributed by atoms with E-state index < -0.39 is 0 Å². The van der Waals surface area contributed by atoms with Crippen LogP contribution in [-0.4, -0.2) is 11.4 Å². The van der Waals surface area contributed by atoms with Gasteiger partial charge < -0.3 is 5.32 Å². The summed E-state index contributed by atoms with van der Waals surface area (Å²) in [6.45, 7) is 8.36. The van der Waals surface area contributed by atoms with Crippen molar-refractivity contribution in [3.63, 3.8) is 0 Å². The second-order valence-electron chi connectivity index (χ2n) is 5.17. The fraction of sp³-hybridized carbons (Fsp3) is 0.917. The zero-order valence-electron chi connectivity index (χ0n) is 9.89. The van der Waals surface area contributed by atoms with Gasteiger partial charge in [-0.3, -0.25) is 4.79 Å². The van der Waals surface area contributed by atoms with Crippen LogP contribution in [0.4, 0.5) is 0 Å². The highest BCUT2D eigenvalue weighted by Gasteiger charge is 2.37. The maximum atomic E-state index is 11.2. The molecule has 2 heteroatoms. The molecule has 1 fully saturated rings. The van der Waals surface area contributed by atoms with E-state index in [-0.39, 0.29) is 11.4 Å². The molecule has 0 unspecified atom stereocenters. The van der Waals surface area contributed by atoms with E-state index in [2.05, 4.69) is 26.1 Å². The number of hydrogen-bond donors (Lipinski definition) is 1. The van der Waals surface area contributed by atoms with Crippen LogP contribution in [0.1, 0.15) is 53.4 Å². The van der Waals surface area contributed by atoms with Gasteiger partial charge in [-0.1, -0.05) is 20.8 Å². The normalized spacial score (nSPS) is 33.1. The molecular formula is C12H23NO. The zero-order valence-corrected chi connectivity index (χ0v) is 9.89. The second-order valence-corrected chi connectivity index (χ2v) is 5.17. The Morgan fingerprint density at radius 2 is 1.86 bits per heavy atom. The SMILES string of the molecule is CC(=O)NC1(C(C)C)CCC(C)CC1. The summed E-state index contributed by atoms with van der Waals surface area (Å²) < 4.78 is 0. The summed E-state index contributed by atoms with van der Waals surface area (Å²) in [5.41, 5.74) is 0.0817. The summed E-state index contributed by atoms with van der Waals surface area (Å²) in [6, 6.07) is 0. The number of hydrogen-bond acceptors (Lipinski definition) is 1. The van der Waals surface area contributed by atoms with E-state index in [4.69, 9.17) is 0 Å². The molecule has 1 saturated carbocycles. The van der Waals surface area contributed by atoms with Crippen molar-refractivity contribution in [1.29, 1.82) is 0 Å². The molecule has 1 amide bonds. The summed E-state index contributed by atoms with van der Waals surface area (Å²) in [6.07, 6.45) is 4.79. The number of carbonyl (C=O) groups excluding carboxylic acids is 1. The Morgan fingerprint density at radius 3 is 2.21 bits per heavy atom. The van der Waals surface area contributed by atoms with Crippen molar-refractivity contribution in [2.75, 3.05) is 0 Å². The zero-order chi connectivity index (χ0) is 10.8. The Labute approximate surface area is 87.5 Å². The number of nitrogens with one attached hydrogen (secondary N) is 1. The molecule has 0 heterocycles. The molecule has 1 aliphatic carbocycles. The molecule has 0 aliphatic heterocycles. The van der Waals surface area contributed by atoms with Crippen LogP contribution in [0.3, 0.4) is 0 Å². The average molecular weight is 197 g/mol. The van der Waals surface area contributed by atoms with E-state index in [1.807, 2.05) is 0 Å². The molecule has 1 N–H and O–H groups in total. The van der Waals surface area contributed by atoms with Crippen LogP contribution < -0.4 is 5.32 Å². The van der Waals surface area contributed by atoms with Gasteiger partial charge in [0.1, 0.15) is 0 Å². The van der Waals surface area contributed by atoms with Gasteiger partial charge in [-0.2, -0.15) is 0 Å². The van der Waals surface area contributed by atoms with Crippen molar-refractivity contribution in [2.45, 2.75) is 58.9 Å². The van der Waals surface area contributed by atoms with Gasteiger partial charge in [0.05, 0.1) is 0 Å². The molecule has 1 rings (SSSR count). The van der Waals surface area contributed by atoms with Crippen LogP contribution >= 0.6 is 0 Å². The van der Waals surface area contributed by atoms with Crippen LogP contribution in [0.5, 0.6) is 0 Å². The largest absolute Gasteiger partial charge is 0.351 e. The number of amides is 1. The van der Waals surface area contributed by atoms with Crippen LogP contribution in [0.25, 0.3) is 0 Å². The highest BCUT2D eigenvalue weighted by molar-refractivity contribution is 5.73. The van der Waals surface area contributed by atoms with Crippen molar-refractivity contribution in [3.05, 3.63) is 0 Å². The molecular weight excluding hydrogens is 174 g/mol. The maximum absolute atomic E-state index is 11.2. The summed E-state index contributed by atoms with van der Waals surface area (Å²) >= 11 is 0. The minimum Gasteiger partial charge on any atom is -0.351 e. The molecule has 14 heavy (non-hydrogen) atoms. The van der Waals surface area contributed by atoms with Crippen molar-refractivity contribution in [2.24, 2.45) is 11.8 Å². The summed E-state index contributed by atoms with van der Waals surface area (Å²) in [5, 5.41) is 3.18.